The molecule has 1 aromatic rings. The van der Waals surface area contributed by atoms with Gasteiger partial charge in [-0.1, -0.05) is 0 Å². The Morgan fingerprint density at radius 3 is 2.50 bits per heavy atom. The molecule has 22 heavy (non-hydrogen) atoms. The number of anilines is 1. The molecule has 6 nitrogen and oxygen atoms in total. The molecule has 0 bridgehead atoms. The highest BCUT2D eigenvalue weighted by Crippen LogP contribution is 2.16. The van der Waals surface area contributed by atoms with Crippen molar-refractivity contribution >= 4 is 17.5 Å². The number of hydrogen-bond acceptors (Lipinski definition) is 4. The molecule has 0 fully saturated rings. The van der Waals surface area contributed by atoms with Gasteiger partial charge in [-0.15, -0.1) is 0 Å². The van der Waals surface area contributed by atoms with Crippen molar-refractivity contribution in [2.24, 2.45) is 5.73 Å². The molecular weight excluding hydrogens is 282 g/mol. The van der Waals surface area contributed by atoms with Gasteiger partial charge in [-0.2, -0.15) is 0 Å². The van der Waals surface area contributed by atoms with Crippen molar-refractivity contribution in [1.29, 1.82) is 0 Å². The summed E-state index contributed by atoms with van der Waals surface area (Å²) >= 11 is 0. The van der Waals surface area contributed by atoms with Crippen LogP contribution in [-0.2, 0) is 9.53 Å². The lowest BCUT2D eigenvalue weighted by Crippen LogP contribution is -2.30. The number of methoxy groups -OCH3 is 1. The van der Waals surface area contributed by atoms with E-state index in [2.05, 4.69) is 10.6 Å². The Hall–Kier alpha value is -1.92. The minimum Gasteiger partial charge on any atom is -0.380 e. The van der Waals surface area contributed by atoms with Crippen molar-refractivity contribution in [1.82, 2.24) is 5.32 Å². The quantitative estimate of drug-likeness (QED) is 0.710. The molecule has 1 atom stereocenters. The molecule has 1 unspecified atom stereocenters. The highest BCUT2D eigenvalue weighted by Gasteiger charge is 2.13. The third kappa shape index (κ3) is 5.46. The maximum Gasteiger partial charge on any atom is 0.251 e. The van der Waals surface area contributed by atoms with Gasteiger partial charge in [0.25, 0.3) is 5.91 Å². The van der Waals surface area contributed by atoms with Crippen molar-refractivity contribution in [2.45, 2.75) is 39.3 Å². The summed E-state index contributed by atoms with van der Waals surface area (Å²) in [4.78, 5) is 23.9. The van der Waals surface area contributed by atoms with Gasteiger partial charge in [-0.3, -0.25) is 9.59 Å². The fourth-order valence-corrected chi connectivity index (χ4v) is 2.02. The van der Waals surface area contributed by atoms with E-state index in [9.17, 15) is 9.59 Å². The third-order valence-electron chi connectivity index (χ3n) is 3.18. The van der Waals surface area contributed by atoms with Crippen molar-refractivity contribution < 1.29 is 14.3 Å². The van der Waals surface area contributed by atoms with Gasteiger partial charge in [0.1, 0.15) is 0 Å². The van der Waals surface area contributed by atoms with Crippen molar-refractivity contribution in [3.8, 4) is 0 Å². The zero-order valence-electron chi connectivity index (χ0n) is 13.6. The van der Waals surface area contributed by atoms with E-state index in [4.69, 9.17) is 10.5 Å². The van der Waals surface area contributed by atoms with E-state index in [1.807, 2.05) is 20.8 Å². The summed E-state index contributed by atoms with van der Waals surface area (Å²) in [5.74, 6) is -0.288. The summed E-state index contributed by atoms with van der Waals surface area (Å²) in [6.45, 7) is 5.94. The van der Waals surface area contributed by atoms with Gasteiger partial charge < -0.3 is 21.1 Å². The predicted molar refractivity (Wildman–Crippen MR) is 86.9 cm³/mol. The number of rotatable bonds is 7. The van der Waals surface area contributed by atoms with E-state index in [0.717, 1.165) is 5.56 Å². The maximum atomic E-state index is 12.0. The summed E-state index contributed by atoms with van der Waals surface area (Å²) in [6, 6.07) is 5.27. The van der Waals surface area contributed by atoms with Crippen LogP contribution in [0.2, 0.25) is 0 Å². The molecule has 0 saturated heterocycles. The van der Waals surface area contributed by atoms with Crippen molar-refractivity contribution in [3.05, 3.63) is 29.3 Å². The van der Waals surface area contributed by atoms with Crippen LogP contribution in [0.4, 0.5) is 5.69 Å². The molecule has 0 aliphatic heterocycles. The van der Waals surface area contributed by atoms with Crippen LogP contribution in [0.25, 0.3) is 0 Å². The Bertz CT molecular complexity index is 525. The summed E-state index contributed by atoms with van der Waals surface area (Å²) in [5, 5.41) is 5.63. The van der Waals surface area contributed by atoms with Crippen LogP contribution >= 0.6 is 0 Å². The summed E-state index contributed by atoms with van der Waals surface area (Å²) in [7, 11) is 1.52. The molecule has 4 N–H and O–H groups in total. The first-order valence-corrected chi connectivity index (χ1v) is 7.31. The first kappa shape index (κ1) is 18.1. The number of nitrogens with one attached hydrogen (secondary N) is 2. The largest absolute Gasteiger partial charge is 0.380 e. The Balaban J connectivity index is 2.73. The molecule has 0 spiro atoms. The summed E-state index contributed by atoms with van der Waals surface area (Å²) in [5.41, 5.74) is 7.55. The highest BCUT2D eigenvalue weighted by atomic mass is 16.5. The molecule has 0 saturated carbocycles. The van der Waals surface area contributed by atoms with E-state index in [1.54, 1.807) is 18.2 Å². The molecule has 1 aromatic carbocycles. The number of benzene rings is 1. The molecule has 0 heterocycles. The molecule has 0 aliphatic carbocycles. The number of carbonyl (C=O) groups excluding carboxylic acids is 2. The zero-order chi connectivity index (χ0) is 16.7. The third-order valence-corrected chi connectivity index (χ3v) is 3.18. The predicted octanol–water partition coefficient (Wildman–Crippen LogP) is 1.44. The fourth-order valence-electron chi connectivity index (χ4n) is 2.02. The van der Waals surface area contributed by atoms with Crippen molar-refractivity contribution in [3.63, 3.8) is 0 Å². The monoisotopic (exact) mass is 307 g/mol. The Labute approximate surface area is 131 Å². The van der Waals surface area contributed by atoms with Crippen LogP contribution in [0, 0.1) is 6.92 Å². The summed E-state index contributed by atoms with van der Waals surface area (Å²) in [6.07, 6.45) is -0.0982. The van der Waals surface area contributed by atoms with Gasteiger partial charge in [-0.05, 0) is 44.5 Å². The van der Waals surface area contributed by atoms with Gasteiger partial charge >= 0.3 is 0 Å². The first-order valence-electron chi connectivity index (χ1n) is 7.31. The fraction of sp³-hybridized carbons (Fsp3) is 0.500. The molecule has 1 rings (SSSR count). The lowest BCUT2D eigenvalue weighted by atomic mass is 10.1. The maximum absolute atomic E-state index is 12.0. The number of carbonyl (C=O) groups is 2. The van der Waals surface area contributed by atoms with E-state index in [0.29, 0.717) is 11.3 Å². The van der Waals surface area contributed by atoms with E-state index in [1.165, 1.54) is 7.11 Å². The minimum absolute atomic E-state index is 0.0773. The molecular formula is C16H25N3O3. The molecule has 6 heteroatoms. The van der Waals surface area contributed by atoms with Crippen LogP contribution in [0.3, 0.4) is 0 Å². The molecule has 2 amide bonds. The second kappa shape index (κ2) is 8.51. The number of hydrogen-bond donors (Lipinski definition) is 3. The summed E-state index contributed by atoms with van der Waals surface area (Å²) < 4.78 is 5.08. The van der Waals surface area contributed by atoms with Crippen LogP contribution in [0.5, 0.6) is 0 Å². The Kier molecular flexibility index (Phi) is 7.01. The molecule has 0 aliphatic rings. The zero-order valence-corrected chi connectivity index (χ0v) is 13.6. The highest BCUT2D eigenvalue weighted by molar-refractivity contribution is 5.97. The number of ether oxygens (including phenoxy) is 1. The van der Waals surface area contributed by atoms with Crippen LogP contribution < -0.4 is 16.4 Å². The van der Waals surface area contributed by atoms with Gasteiger partial charge in [-0.25, -0.2) is 0 Å². The minimum atomic E-state index is -0.294. The van der Waals surface area contributed by atoms with E-state index >= 15 is 0 Å². The lowest BCUT2D eigenvalue weighted by Gasteiger charge is -2.14. The molecule has 122 valence electrons. The second-order valence-corrected chi connectivity index (χ2v) is 5.50. The standard InChI is InChI=1S/C16H25N3O3/c1-10(2)18-16(21)14-6-5-12(7-11(14)3)19-15(20)8-13(9-17)22-4/h5-7,10,13H,8-9,17H2,1-4H3,(H,18,21)(H,19,20). The van der Waals surface area contributed by atoms with Gasteiger partial charge in [0, 0.05) is 30.9 Å². The SMILES string of the molecule is COC(CN)CC(=O)Nc1ccc(C(=O)NC(C)C)c(C)c1. The first-order chi connectivity index (χ1) is 10.4. The number of amides is 2. The van der Waals surface area contributed by atoms with E-state index < -0.39 is 0 Å². The van der Waals surface area contributed by atoms with Crippen LogP contribution in [0.1, 0.15) is 36.2 Å². The normalized spacial score (nSPS) is 12.1. The lowest BCUT2D eigenvalue weighted by molar-refractivity contribution is -0.118. The molecule has 0 aromatic heterocycles. The average molecular weight is 307 g/mol. The van der Waals surface area contributed by atoms with Crippen LogP contribution in [-0.4, -0.2) is 37.6 Å². The number of aryl methyl sites for hydroxylation is 1. The van der Waals surface area contributed by atoms with E-state index in [-0.39, 0.29) is 36.9 Å². The smallest absolute Gasteiger partial charge is 0.251 e. The van der Waals surface area contributed by atoms with Gasteiger partial charge in [0.2, 0.25) is 5.91 Å². The van der Waals surface area contributed by atoms with Gasteiger partial charge in [0.15, 0.2) is 0 Å². The Morgan fingerprint density at radius 1 is 1.32 bits per heavy atom. The van der Waals surface area contributed by atoms with Gasteiger partial charge in [0.05, 0.1) is 12.5 Å². The molecule has 0 radical (unpaired) electrons. The van der Waals surface area contributed by atoms with Crippen molar-refractivity contribution in [2.75, 3.05) is 19.0 Å². The topological polar surface area (TPSA) is 93.4 Å². The van der Waals surface area contributed by atoms with Crippen LogP contribution in [0.15, 0.2) is 18.2 Å². The number of nitrogens with two attached hydrogens (primary N) is 1. The second-order valence-electron chi connectivity index (χ2n) is 5.50. The Morgan fingerprint density at radius 2 is 2.00 bits per heavy atom. The average Bonchev–Trinajstić information content (AvgIpc) is 2.43.